The van der Waals surface area contributed by atoms with Crippen molar-refractivity contribution >= 4 is 40.8 Å². The Labute approximate surface area is 213 Å². The van der Waals surface area contributed by atoms with Gasteiger partial charge < -0.3 is 14.9 Å². The molecule has 0 saturated carbocycles. The average Bonchev–Trinajstić information content (AvgIpc) is 2.73. The van der Waals surface area contributed by atoms with Gasteiger partial charge in [0.2, 0.25) is 0 Å². The lowest BCUT2D eigenvalue weighted by Crippen LogP contribution is -2.36. The second kappa shape index (κ2) is 10.2. The third-order valence-electron chi connectivity index (χ3n) is 5.46. The maximum Gasteiger partial charge on any atom is 0.348 e. The molecule has 0 amide bonds. The Balaban J connectivity index is 2.16. The number of amidine groups is 1. The lowest BCUT2D eigenvalue weighted by atomic mass is 9.92. The summed E-state index contributed by atoms with van der Waals surface area (Å²) in [4.78, 5) is 13.5. The normalized spacial score (nSPS) is 18.4. The van der Waals surface area contributed by atoms with Gasteiger partial charge in [0.05, 0.1) is 16.7 Å². The molecule has 1 aliphatic heterocycles. The van der Waals surface area contributed by atoms with Crippen molar-refractivity contribution in [2.75, 3.05) is 23.4 Å². The molecular weight excluding hydrogens is 505 g/mol. The van der Waals surface area contributed by atoms with Crippen LogP contribution in [0.1, 0.15) is 52.3 Å². The van der Waals surface area contributed by atoms with Gasteiger partial charge in [-0.05, 0) is 42.4 Å². The predicted molar refractivity (Wildman–Crippen MR) is 146 cm³/mol. The maximum atomic E-state index is 13.8. The van der Waals surface area contributed by atoms with E-state index >= 15 is 0 Å². The van der Waals surface area contributed by atoms with Crippen LogP contribution in [-0.4, -0.2) is 43.2 Å². The number of hydrogen-bond acceptors (Lipinski definition) is 9. The van der Waals surface area contributed by atoms with Crippen molar-refractivity contribution in [3.05, 3.63) is 39.8 Å². The number of aromatic hydroxyl groups is 1. The average molecular weight is 542 g/mol. The van der Waals surface area contributed by atoms with E-state index in [0.29, 0.717) is 36.5 Å². The number of aryl methyl sites for hydroxylation is 1. The minimum atomic E-state index is -3.89. The Morgan fingerprint density at radius 3 is 2.50 bits per heavy atom. The predicted octanol–water partition coefficient (Wildman–Crippen LogP) is 4.63. The molecule has 1 aliphatic rings. The van der Waals surface area contributed by atoms with Gasteiger partial charge in [0.1, 0.15) is 11.3 Å². The smallest absolute Gasteiger partial charge is 0.348 e. The van der Waals surface area contributed by atoms with Crippen molar-refractivity contribution in [1.29, 1.82) is 0 Å². The molecule has 5 N–H and O–H groups in total. The molecule has 36 heavy (non-hydrogen) atoms. The standard InChI is InChI=1S/C23H36N5O6PS/c1-14(2)12-17-20(29)19(22(30)28(25-17)11-10-23(3,4)5)21-24-16-9-8-15(27-36(7,32)33)13-18(16)35(31,26-21)34-6/h8-9,13-14,27,29,32-33H,10-12H2,1-7H3,(H,24,26,31). The van der Waals surface area contributed by atoms with Crippen molar-refractivity contribution in [3.63, 3.8) is 0 Å². The van der Waals surface area contributed by atoms with Gasteiger partial charge in [-0.15, -0.1) is 10.8 Å². The van der Waals surface area contributed by atoms with Crippen LogP contribution in [0.5, 0.6) is 5.75 Å². The van der Waals surface area contributed by atoms with E-state index < -0.39 is 23.9 Å². The summed E-state index contributed by atoms with van der Waals surface area (Å²) in [6, 6.07) is 4.57. The van der Waals surface area contributed by atoms with Gasteiger partial charge in [-0.1, -0.05) is 34.6 Å². The van der Waals surface area contributed by atoms with Crippen LogP contribution in [0.15, 0.2) is 27.8 Å². The van der Waals surface area contributed by atoms with Crippen LogP contribution in [0.3, 0.4) is 0 Å². The third-order valence-corrected chi connectivity index (χ3v) is 8.02. The summed E-state index contributed by atoms with van der Waals surface area (Å²) in [5, 5.41) is 18.7. The van der Waals surface area contributed by atoms with Crippen LogP contribution < -0.4 is 20.9 Å². The topological polar surface area (TPSA) is 158 Å². The zero-order valence-electron chi connectivity index (χ0n) is 21.7. The molecule has 3 rings (SSSR count). The van der Waals surface area contributed by atoms with Gasteiger partial charge in [-0.25, -0.2) is 4.68 Å². The Kier molecular flexibility index (Phi) is 7.98. The molecule has 0 fully saturated rings. The second-order valence-electron chi connectivity index (χ2n) is 10.6. The van der Waals surface area contributed by atoms with E-state index in [2.05, 4.69) is 40.7 Å². The third kappa shape index (κ3) is 6.49. The molecule has 1 aromatic heterocycles. The lowest BCUT2D eigenvalue weighted by Gasteiger charge is -2.30. The quantitative estimate of drug-likeness (QED) is 0.300. The van der Waals surface area contributed by atoms with Gasteiger partial charge in [0, 0.05) is 19.9 Å². The Morgan fingerprint density at radius 2 is 1.94 bits per heavy atom. The molecule has 1 aromatic carbocycles. The van der Waals surface area contributed by atoms with Crippen molar-refractivity contribution in [2.24, 2.45) is 16.1 Å². The SMILES string of the molecule is COP1(=O)N=C(c2c(O)c(CC(C)C)nn(CCC(C)(C)C)c2=O)Nc2ccc(NS(C)(O)O)cc21. The van der Waals surface area contributed by atoms with E-state index in [1.165, 1.54) is 24.1 Å². The first kappa shape index (κ1) is 28.2. The van der Waals surface area contributed by atoms with Crippen molar-refractivity contribution in [1.82, 2.24) is 9.78 Å². The minimum absolute atomic E-state index is 0.0463. The minimum Gasteiger partial charge on any atom is -0.505 e. The van der Waals surface area contributed by atoms with Gasteiger partial charge >= 0.3 is 7.52 Å². The van der Waals surface area contributed by atoms with Crippen LogP contribution in [0, 0.1) is 11.3 Å². The summed E-state index contributed by atoms with van der Waals surface area (Å²) < 4.78 is 46.7. The van der Waals surface area contributed by atoms with E-state index in [1.807, 2.05) is 13.8 Å². The fraction of sp³-hybridized carbons (Fsp3) is 0.522. The highest BCUT2D eigenvalue weighted by Gasteiger charge is 2.36. The van der Waals surface area contributed by atoms with Crippen LogP contribution in [0.25, 0.3) is 0 Å². The zero-order valence-corrected chi connectivity index (χ0v) is 23.4. The molecule has 0 spiro atoms. The van der Waals surface area contributed by atoms with Crippen LogP contribution in [-0.2, 0) is 22.1 Å². The van der Waals surface area contributed by atoms with E-state index in [0.717, 1.165) is 0 Å². The highest BCUT2D eigenvalue weighted by Crippen LogP contribution is 2.52. The second-order valence-corrected chi connectivity index (χ2v) is 14.5. The van der Waals surface area contributed by atoms with Crippen molar-refractivity contribution < 1.29 is 23.3 Å². The van der Waals surface area contributed by atoms with E-state index in [-0.39, 0.29) is 33.8 Å². The molecule has 0 aliphatic carbocycles. The van der Waals surface area contributed by atoms with E-state index in [4.69, 9.17) is 4.52 Å². The molecule has 200 valence electrons. The monoisotopic (exact) mass is 541 g/mol. The summed E-state index contributed by atoms with van der Waals surface area (Å²) in [6.07, 6.45) is 2.33. The highest BCUT2D eigenvalue weighted by atomic mass is 32.3. The fourth-order valence-electron chi connectivity index (χ4n) is 3.69. The van der Waals surface area contributed by atoms with E-state index in [1.54, 1.807) is 12.1 Å². The molecule has 13 heteroatoms. The summed E-state index contributed by atoms with van der Waals surface area (Å²) in [5.74, 6) is -0.225. The molecule has 2 heterocycles. The zero-order chi connectivity index (χ0) is 27.1. The first-order valence-corrected chi connectivity index (χ1v) is 15.1. The first-order valence-electron chi connectivity index (χ1n) is 11.5. The molecule has 2 aromatic rings. The summed E-state index contributed by atoms with van der Waals surface area (Å²) in [7, 11) is -5.72. The largest absolute Gasteiger partial charge is 0.505 e. The maximum absolute atomic E-state index is 13.8. The summed E-state index contributed by atoms with van der Waals surface area (Å²) >= 11 is 0. The van der Waals surface area contributed by atoms with Gasteiger partial charge in [-0.2, -0.15) is 9.86 Å². The van der Waals surface area contributed by atoms with Crippen LogP contribution in [0.4, 0.5) is 11.4 Å². The Bertz CT molecular complexity index is 1280. The first-order chi connectivity index (χ1) is 16.5. The number of benzene rings is 1. The van der Waals surface area contributed by atoms with Gasteiger partial charge in [-0.3, -0.25) is 23.2 Å². The number of aromatic nitrogens is 2. The fourth-order valence-corrected chi connectivity index (χ4v) is 5.80. The Hall–Kier alpha value is -2.37. The molecular formula is C23H36N5O6PS. The van der Waals surface area contributed by atoms with Gasteiger partial charge in [0.15, 0.2) is 11.6 Å². The summed E-state index contributed by atoms with van der Waals surface area (Å²) in [6.45, 7) is 10.5. The van der Waals surface area contributed by atoms with E-state index in [9.17, 15) is 23.6 Å². The molecule has 0 radical (unpaired) electrons. The molecule has 11 nitrogen and oxygen atoms in total. The van der Waals surface area contributed by atoms with Crippen molar-refractivity contribution in [2.45, 2.75) is 54.0 Å². The molecule has 1 atom stereocenters. The lowest BCUT2D eigenvalue weighted by molar-refractivity contribution is 0.332. The summed E-state index contributed by atoms with van der Waals surface area (Å²) in [5.41, 5.74) is 0.288. The molecule has 0 bridgehead atoms. The highest BCUT2D eigenvalue weighted by molar-refractivity contribution is 8.24. The number of fused-ring (bicyclic) bond motifs is 1. The molecule has 1 unspecified atom stereocenters. The number of rotatable bonds is 8. The Morgan fingerprint density at radius 1 is 1.28 bits per heavy atom. The van der Waals surface area contributed by atoms with Crippen LogP contribution >= 0.6 is 18.3 Å². The molecule has 0 saturated heterocycles. The number of nitrogens with one attached hydrogen (secondary N) is 2. The van der Waals surface area contributed by atoms with Crippen LogP contribution in [0.2, 0.25) is 0 Å². The number of anilines is 2. The van der Waals surface area contributed by atoms with Gasteiger partial charge in [0.25, 0.3) is 5.56 Å². The van der Waals surface area contributed by atoms with Crippen molar-refractivity contribution in [3.8, 4) is 5.75 Å². The number of nitrogens with zero attached hydrogens (tertiary/aromatic N) is 3. The number of hydrogen-bond donors (Lipinski definition) is 5.